The molecule has 0 saturated carbocycles. The summed E-state index contributed by atoms with van der Waals surface area (Å²) in [7, 11) is 0. The number of carbonyl (C=O) groups excluding carboxylic acids is 9. The number of aliphatic hydroxyl groups excluding tert-OH is 1. The quantitative estimate of drug-likeness (QED) is 0.0343. The van der Waals surface area contributed by atoms with Gasteiger partial charge in [-0.25, -0.2) is 4.79 Å². The van der Waals surface area contributed by atoms with E-state index in [1.807, 2.05) is 6.26 Å². The van der Waals surface area contributed by atoms with Gasteiger partial charge in [0.25, 0.3) is 0 Å². The van der Waals surface area contributed by atoms with Gasteiger partial charge in [-0.2, -0.15) is 11.8 Å². The third kappa shape index (κ3) is 23.3. The highest BCUT2D eigenvalue weighted by atomic mass is 32.2. The van der Waals surface area contributed by atoms with Crippen LogP contribution in [-0.2, 0) is 59.2 Å². The summed E-state index contributed by atoms with van der Waals surface area (Å²) in [4.78, 5) is 142. The first-order valence-electron chi connectivity index (χ1n) is 22.8. The van der Waals surface area contributed by atoms with Crippen molar-refractivity contribution in [1.82, 2.24) is 42.5 Å². The molecule has 0 aliphatic rings. The molecule has 0 aliphatic carbocycles. The molecule has 1 aromatic rings. The molecular formula is C45H72N10O14S. The van der Waals surface area contributed by atoms with Crippen molar-refractivity contribution in [3.63, 3.8) is 0 Å². The first-order chi connectivity index (χ1) is 32.8. The Kier molecular flexibility index (Phi) is 27.9. The van der Waals surface area contributed by atoms with Crippen LogP contribution in [0.15, 0.2) is 30.3 Å². The number of hydrogen-bond acceptors (Lipinski definition) is 14. The molecule has 0 radical (unpaired) electrons. The van der Waals surface area contributed by atoms with Crippen LogP contribution in [0, 0.1) is 17.8 Å². The molecule has 1 aromatic carbocycles. The van der Waals surface area contributed by atoms with Crippen molar-refractivity contribution in [2.45, 2.75) is 135 Å². The molecule has 0 fully saturated rings. The van der Waals surface area contributed by atoms with Crippen LogP contribution >= 0.6 is 11.8 Å². The molecule has 0 aromatic heterocycles. The number of nitrogens with two attached hydrogens (primary N) is 2. The van der Waals surface area contributed by atoms with Gasteiger partial charge in [0.15, 0.2) is 0 Å². The summed E-state index contributed by atoms with van der Waals surface area (Å²) in [5.41, 5.74) is 12.0. The minimum absolute atomic E-state index is 0.00697. The number of carbonyl (C=O) groups is 11. The standard InChI is InChI=1S/C45H72N10O14S/c1-23(2)19-30(52-40(63)29(14-16-35(59)60)50-38(61)27(46)17-18-70-7)42(65)51-28(13-15-33(47)57)41(64)54-36(24(3)4)44(67)53-32(22-56)39(62)48-21-34(58)49-31(20-26-11-9-8-10-12-26)43(66)55-37(25(5)6)45(68)69/h8-12,23-25,27-32,36-37,56H,13-22,46H2,1-7H3,(H2,47,57)(H,48,62)(H,49,58)(H,50,61)(H,51,65)(H,52,63)(H,53,67)(H,54,64)(H,55,66)(H,59,60)(H,68,69). The summed E-state index contributed by atoms with van der Waals surface area (Å²) in [6, 6.07) is -2.43. The SMILES string of the molecule is CSCCC(N)C(=O)NC(CCC(=O)O)C(=O)NC(CC(C)C)C(=O)NC(CCC(N)=O)C(=O)NC(C(=O)NC(CO)C(=O)NCC(=O)NC(Cc1ccccc1)C(=O)NC(C(=O)O)C(C)C)C(C)C. The Morgan fingerprint density at radius 3 is 1.60 bits per heavy atom. The summed E-state index contributed by atoms with van der Waals surface area (Å²) in [5.74, 6) is -11.5. The Labute approximate surface area is 411 Å². The molecule has 392 valence electrons. The second-order valence-corrected chi connectivity index (χ2v) is 18.7. The normalized spacial score (nSPS) is 14.6. The minimum Gasteiger partial charge on any atom is -0.481 e. The Morgan fingerprint density at radius 2 is 1.09 bits per heavy atom. The monoisotopic (exact) mass is 1010 g/mol. The molecule has 15 N–H and O–H groups in total. The van der Waals surface area contributed by atoms with Crippen molar-refractivity contribution in [1.29, 1.82) is 0 Å². The first kappa shape index (κ1) is 61.7. The maximum atomic E-state index is 13.9. The van der Waals surface area contributed by atoms with Crippen molar-refractivity contribution < 1.29 is 68.1 Å². The van der Waals surface area contributed by atoms with E-state index < -0.39 is 151 Å². The smallest absolute Gasteiger partial charge is 0.326 e. The van der Waals surface area contributed by atoms with Crippen LogP contribution in [-0.4, -0.2) is 154 Å². The van der Waals surface area contributed by atoms with E-state index in [1.54, 1.807) is 58.0 Å². The zero-order chi connectivity index (χ0) is 53.2. The van der Waals surface area contributed by atoms with Crippen LogP contribution in [0.5, 0.6) is 0 Å². The maximum absolute atomic E-state index is 13.9. The summed E-state index contributed by atoms with van der Waals surface area (Å²) in [5, 5.41) is 48.4. The van der Waals surface area contributed by atoms with E-state index in [0.717, 1.165) is 0 Å². The number of carboxylic acid groups (broad SMARTS) is 2. The molecule has 0 spiro atoms. The zero-order valence-corrected chi connectivity index (χ0v) is 41.5. The lowest BCUT2D eigenvalue weighted by Gasteiger charge is -2.28. The van der Waals surface area contributed by atoms with Gasteiger partial charge in [-0.05, 0) is 61.0 Å². The fourth-order valence-electron chi connectivity index (χ4n) is 6.60. The van der Waals surface area contributed by atoms with Gasteiger partial charge in [0.05, 0.1) is 19.2 Å². The fraction of sp³-hybridized carbons (Fsp3) is 0.622. The molecule has 0 aliphatic heterocycles. The Hall–Kier alpha value is -6.34. The number of primary amides is 1. The molecule has 0 saturated heterocycles. The van der Waals surface area contributed by atoms with Gasteiger partial charge in [0.2, 0.25) is 53.2 Å². The van der Waals surface area contributed by atoms with Gasteiger partial charge in [-0.3, -0.25) is 47.9 Å². The van der Waals surface area contributed by atoms with Crippen molar-refractivity contribution in [2.75, 3.05) is 25.2 Å². The third-order valence-electron chi connectivity index (χ3n) is 10.6. The molecule has 8 unspecified atom stereocenters. The second kappa shape index (κ2) is 31.7. The van der Waals surface area contributed by atoms with E-state index in [4.69, 9.17) is 11.5 Å². The second-order valence-electron chi connectivity index (χ2n) is 17.7. The molecule has 25 heteroatoms. The van der Waals surface area contributed by atoms with Gasteiger partial charge in [0.1, 0.15) is 42.3 Å². The van der Waals surface area contributed by atoms with Crippen molar-refractivity contribution in [3.8, 4) is 0 Å². The molecule has 0 heterocycles. The highest BCUT2D eigenvalue weighted by Crippen LogP contribution is 2.12. The third-order valence-corrected chi connectivity index (χ3v) is 11.2. The van der Waals surface area contributed by atoms with Gasteiger partial charge in [-0.1, -0.05) is 71.9 Å². The number of hydrogen-bond donors (Lipinski definition) is 13. The molecule has 8 atom stereocenters. The van der Waals surface area contributed by atoms with Crippen LogP contribution in [0.4, 0.5) is 0 Å². The van der Waals surface area contributed by atoms with Gasteiger partial charge in [0, 0.05) is 19.3 Å². The van der Waals surface area contributed by atoms with Crippen LogP contribution in [0.3, 0.4) is 0 Å². The summed E-state index contributed by atoms with van der Waals surface area (Å²) in [6.07, 6.45) is 0.377. The van der Waals surface area contributed by atoms with Crippen LogP contribution in [0.1, 0.15) is 85.6 Å². The number of carboxylic acids is 2. The molecule has 24 nitrogen and oxygen atoms in total. The lowest BCUT2D eigenvalue weighted by molar-refractivity contribution is -0.143. The topological polar surface area (TPSA) is 397 Å². The van der Waals surface area contributed by atoms with Gasteiger partial charge < -0.3 is 69.3 Å². The fourth-order valence-corrected chi connectivity index (χ4v) is 7.09. The van der Waals surface area contributed by atoms with Crippen molar-refractivity contribution >= 4 is 76.9 Å². The summed E-state index contributed by atoms with van der Waals surface area (Å²) in [6.45, 7) is 7.99. The predicted octanol–water partition coefficient (Wildman–Crippen LogP) is -2.62. The number of rotatable bonds is 33. The Balaban J connectivity index is 3.22. The van der Waals surface area contributed by atoms with E-state index in [0.29, 0.717) is 11.3 Å². The number of amides is 9. The lowest BCUT2D eigenvalue weighted by Crippen LogP contribution is -2.61. The lowest BCUT2D eigenvalue weighted by atomic mass is 10.00. The highest BCUT2D eigenvalue weighted by molar-refractivity contribution is 7.98. The molecule has 0 bridgehead atoms. The van der Waals surface area contributed by atoms with E-state index >= 15 is 0 Å². The summed E-state index contributed by atoms with van der Waals surface area (Å²) < 4.78 is 0. The van der Waals surface area contributed by atoms with Crippen LogP contribution < -0.4 is 54.0 Å². The molecule has 1 rings (SSSR count). The number of aliphatic carboxylic acids is 2. The highest BCUT2D eigenvalue weighted by Gasteiger charge is 2.35. The van der Waals surface area contributed by atoms with Gasteiger partial charge >= 0.3 is 11.9 Å². The Morgan fingerprint density at radius 1 is 0.586 bits per heavy atom. The van der Waals surface area contributed by atoms with E-state index in [2.05, 4.69) is 42.5 Å². The largest absolute Gasteiger partial charge is 0.481 e. The zero-order valence-electron chi connectivity index (χ0n) is 40.7. The van der Waals surface area contributed by atoms with E-state index in [9.17, 15) is 68.1 Å². The van der Waals surface area contributed by atoms with Crippen molar-refractivity contribution in [2.24, 2.45) is 29.2 Å². The Bertz CT molecular complexity index is 1960. The minimum atomic E-state index is -1.68. The average molecular weight is 1010 g/mol. The average Bonchev–Trinajstić information content (AvgIpc) is 3.28. The molecule has 70 heavy (non-hydrogen) atoms. The van der Waals surface area contributed by atoms with Crippen LogP contribution in [0.2, 0.25) is 0 Å². The van der Waals surface area contributed by atoms with Crippen LogP contribution in [0.25, 0.3) is 0 Å². The summed E-state index contributed by atoms with van der Waals surface area (Å²) >= 11 is 1.44. The van der Waals surface area contributed by atoms with E-state index in [-0.39, 0.29) is 38.0 Å². The molecular weight excluding hydrogens is 937 g/mol. The predicted molar refractivity (Wildman–Crippen MR) is 257 cm³/mol. The number of aliphatic hydroxyl groups is 1. The van der Waals surface area contributed by atoms with Crippen molar-refractivity contribution in [3.05, 3.63) is 35.9 Å². The molecule has 9 amide bonds. The number of thioether (sulfide) groups is 1. The maximum Gasteiger partial charge on any atom is 0.326 e. The van der Waals surface area contributed by atoms with E-state index in [1.165, 1.54) is 25.6 Å². The van der Waals surface area contributed by atoms with Gasteiger partial charge in [-0.15, -0.1) is 0 Å². The number of nitrogens with one attached hydrogen (secondary N) is 8. The first-order valence-corrected chi connectivity index (χ1v) is 24.2. The number of benzene rings is 1.